The van der Waals surface area contributed by atoms with Crippen LogP contribution in [-0.2, 0) is 19.6 Å². The van der Waals surface area contributed by atoms with Crippen LogP contribution in [-0.4, -0.2) is 47.6 Å². The molecule has 1 aromatic rings. The molecule has 0 aromatic carbocycles. The Hall–Kier alpha value is -2.27. The smallest absolute Gasteiger partial charge is 0.313 e. The lowest BCUT2D eigenvalue weighted by atomic mass is 10.4. The SMILES string of the molecule is O=C1CN(S(=O)(=O)c2c[nH]c(=O)[nH]c2=O)CC(=O)N1. The van der Waals surface area contributed by atoms with Crippen LogP contribution in [0.4, 0.5) is 0 Å². The van der Waals surface area contributed by atoms with Crippen molar-refractivity contribution in [3.63, 3.8) is 0 Å². The molecular formula is C8H8N4O6S. The molecule has 10 nitrogen and oxygen atoms in total. The first-order chi connectivity index (χ1) is 8.80. The molecule has 1 saturated heterocycles. The van der Waals surface area contributed by atoms with E-state index in [4.69, 9.17) is 0 Å². The maximum Gasteiger partial charge on any atom is 0.325 e. The van der Waals surface area contributed by atoms with Crippen molar-refractivity contribution in [3.8, 4) is 0 Å². The number of imide groups is 1. The summed E-state index contributed by atoms with van der Waals surface area (Å²) in [5.74, 6) is -1.58. The predicted octanol–water partition coefficient (Wildman–Crippen LogP) is -3.29. The average molecular weight is 288 g/mol. The lowest BCUT2D eigenvalue weighted by Gasteiger charge is -2.24. The Morgan fingerprint density at radius 3 is 2.16 bits per heavy atom. The zero-order valence-corrected chi connectivity index (χ0v) is 10.1. The number of hydrogen-bond donors (Lipinski definition) is 3. The number of aromatic amines is 2. The summed E-state index contributed by atoms with van der Waals surface area (Å²) in [6, 6.07) is 0. The van der Waals surface area contributed by atoms with Gasteiger partial charge in [-0.05, 0) is 0 Å². The molecule has 2 amide bonds. The van der Waals surface area contributed by atoms with Gasteiger partial charge in [0.05, 0.1) is 13.1 Å². The quantitative estimate of drug-likeness (QED) is 0.485. The first kappa shape index (κ1) is 13.2. The lowest BCUT2D eigenvalue weighted by molar-refractivity contribution is -0.134. The molecule has 0 unspecified atom stereocenters. The lowest BCUT2D eigenvalue weighted by Crippen LogP contribution is -2.53. The van der Waals surface area contributed by atoms with E-state index in [1.54, 1.807) is 4.98 Å². The van der Waals surface area contributed by atoms with Gasteiger partial charge in [-0.1, -0.05) is 0 Å². The molecule has 1 aromatic heterocycles. The van der Waals surface area contributed by atoms with Crippen molar-refractivity contribution in [1.82, 2.24) is 19.6 Å². The van der Waals surface area contributed by atoms with Crippen molar-refractivity contribution < 1.29 is 18.0 Å². The summed E-state index contributed by atoms with van der Waals surface area (Å²) in [5, 5.41) is 1.93. The Kier molecular flexibility index (Phi) is 3.08. The van der Waals surface area contributed by atoms with Crippen molar-refractivity contribution >= 4 is 21.8 Å². The summed E-state index contributed by atoms with van der Waals surface area (Å²) < 4.78 is 24.7. The molecule has 0 radical (unpaired) electrons. The second-order valence-corrected chi connectivity index (χ2v) is 5.59. The van der Waals surface area contributed by atoms with Gasteiger partial charge in [-0.3, -0.25) is 24.7 Å². The third-order valence-electron chi connectivity index (χ3n) is 2.32. The summed E-state index contributed by atoms with van der Waals surface area (Å²) in [5.41, 5.74) is -1.99. The van der Waals surface area contributed by atoms with Crippen molar-refractivity contribution in [1.29, 1.82) is 0 Å². The maximum absolute atomic E-state index is 12.1. The van der Waals surface area contributed by atoms with E-state index in [-0.39, 0.29) is 0 Å². The highest BCUT2D eigenvalue weighted by Gasteiger charge is 2.34. The van der Waals surface area contributed by atoms with Crippen molar-refractivity contribution in [2.45, 2.75) is 4.90 Å². The number of carbonyl (C=O) groups excluding carboxylic acids is 2. The molecule has 19 heavy (non-hydrogen) atoms. The number of nitrogens with zero attached hydrogens (tertiary/aromatic N) is 1. The number of nitrogens with one attached hydrogen (secondary N) is 3. The second-order valence-electron chi connectivity index (χ2n) is 3.68. The first-order valence-electron chi connectivity index (χ1n) is 4.95. The van der Waals surface area contributed by atoms with Crippen molar-refractivity contribution in [2.24, 2.45) is 0 Å². The molecule has 1 fully saturated rings. The summed E-state index contributed by atoms with van der Waals surface area (Å²) in [4.78, 5) is 47.5. The van der Waals surface area contributed by atoms with Crippen molar-refractivity contribution in [2.75, 3.05) is 13.1 Å². The topological polar surface area (TPSA) is 149 Å². The Morgan fingerprint density at radius 2 is 1.63 bits per heavy atom. The van der Waals surface area contributed by atoms with E-state index >= 15 is 0 Å². The maximum atomic E-state index is 12.1. The van der Waals surface area contributed by atoms with Crippen LogP contribution in [0.25, 0.3) is 0 Å². The number of amides is 2. The standard InChI is InChI=1S/C8H8N4O6S/c13-5-2-12(3-6(14)10-5)19(17,18)4-1-9-8(16)11-7(4)15/h1H,2-3H2,(H,10,13,14)(H2,9,11,15,16). The van der Waals surface area contributed by atoms with E-state index in [0.29, 0.717) is 10.5 Å². The van der Waals surface area contributed by atoms with Crippen LogP contribution in [0.15, 0.2) is 20.7 Å². The minimum Gasteiger partial charge on any atom is -0.313 e. The van der Waals surface area contributed by atoms with Gasteiger partial charge >= 0.3 is 5.69 Å². The minimum absolute atomic E-state index is 0.553. The number of H-pyrrole nitrogens is 2. The van der Waals surface area contributed by atoms with Crippen LogP contribution in [0.5, 0.6) is 0 Å². The molecule has 0 bridgehead atoms. The molecule has 0 spiro atoms. The minimum atomic E-state index is -4.34. The molecule has 11 heteroatoms. The first-order valence-corrected chi connectivity index (χ1v) is 6.39. The van der Waals surface area contributed by atoms with Gasteiger partial charge in [-0.2, -0.15) is 4.31 Å². The Bertz CT molecular complexity index is 744. The number of hydrogen-bond acceptors (Lipinski definition) is 6. The van der Waals surface area contributed by atoms with Crippen LogP contribution < -0.4 is 16.6 Å². The average Bonchev–Trinajstić information content (AvgIpc) is 2.26. The third-order valence-corrected chi connectivity index (χ3v) is 4.12. The van der Waals surface area contributed by atoms with Crippen LogP contribution >= 0.6 is 0 Å². The van der Waals surface area contributed by atoms with E-state index in [1.807, 2.05) is 10.3 Å². The second kappa shape index (κ2) is 4.44. The van der Waals surface area contributed by atoms with Crippen LogP contribution in [0.3, 0.4) is 0 Å². The molecule has 1 aliphatic heterocycles. The molecule has 0 atom stereocenters. The molecular weight excluding hydrogens is 280 g/mol. The monoisotopic (exact) mass is 288 g/mol. The van der Waals surface area contributed by atoms with Gasteiger partial charge < -0.3 is 4.98 Å². The molecule has 3 N–H and O–H groups in total. The van der Waals surface area contributed by atoms with Crippen LogP contribution in [0, 0.1) is 0 Å². The molecule has 102 valence electrons. The van der Waals surface area contributed by atoms with Crippen LogP contribution in [0.1, 0.15) is 0 Å². The van der Waals surface area contributed by atoms with E-state index in [1.165, 1.54) is 0 Å². The molecule has 0 saturated carbocycles. The van der Waals surface area contributed by atoms with Crippen LogP contribution in [0.2, 0.25) is 0 Å². The summed E-state index contributed by atoms with van der Waals surface area (Å²) in [6.45, 7) is -1.15. The normalized spacial score (nSPS) is 17.3. The highest BCUT2D eigenvalue weighted by atomic mass is 32.2. The predicted molar refractivity (Wildman–Crippen MR) is 59.6 cm³/mol. The van der Waals surface area contributed by atoms with E-state index in [0.717, 1.165) is 0 Å². The van der Waals surface area contributed by atoms with E-state index in [9.17, 15) is 27.6 Å². The number of carbonyl (C=O) groups is 2. The van der Waals surface area contributed by atoms with Gasteiger partial charge in [0.15, 0.2) is 4.90 Å². The Balaban J connectivity index is 2.48. The van der Waals surface area contributed by atoms with Gasteiger partial charge in [0.1, 0.15) is 0 Å². The van der Waals surface area contributed by atoms with E-state index in [2.05, 4.69) is 0 Å². The third kappa shape index (κ3) is 2.46. The zero-order valence-electron chi connectivity index (χ0n) is 9.30. The van der Waals surface area contributed by atoms with Gasteiger partial charge in [0.25, 0.3) is 15.6 Å². The highest BCUT2D eigenvalue weighted by molar-refractivity contribution is 7.89. The fourth-order valence-corrected chi connectivity index (χ4v) is 2.85. The number of aromatic nitrogens is 2. The van der Waals surface area contributed by atoms with Gasteiger partial charge in [0.2, 0.25) is 11.8 Å². The number of piperazine rings is 1. The van der Waals surface area contributed by atoms with Crippen molar-refractivity contribution in [3.05, 3.63) is 27.0 Å². The molecule has 0 aliphatic carbocycles. The largest absolute Gasteiger partial charge is 0.325 e. The summed E-state index contributed by atoms with van der Waals surface area (Å²) in [7, 11) is -4.34. The summed E-state index contributed by atoms with van der Waals surface area (Å²) in [6.07, 6.45) is 0.716. The molecule has 1 aliphatic rings. The number of rotatable bonds is 2. The summed E-state index contributed by atoms with van der Waals surface area (Å²) >= 11 is 0. The molecule has 2 rings (SSSR count). The van der Waals surface area contributed by atoms with Gasteiger partial charge in [-0.15, -0.1) is 0 Å². The number of sulfonamides is 1. The van der Waals surface area contributed by atoms with Gasteiger partial charge in [0, 0.05) is 6.20 Å². The van der Waals surface area contributed by atoms with Gasteiger partial charge in [-0.25, -0.2) is 13.2 Å². The fraction of sp³-hybridized carbons (Fsp3) is 0.250. The Morgan fingerprint density at radius 1 is 1.05 bits per heavy atom. The molecule has 2 heterocycles. The van der Waals surface area contributed by atoms with E-state index < -0.39 is 51.1 Å². The zero-order chi connectivity index (χ0) is 14.2. The highest BCUT2D eigenvalue weighted by Crippen LogP contribution is 2.11. The Labute approximate surface area is 105 Å². The fourth-order valence-electron chi connectivity index (χ4n) is 1.51.